The normalized spacial score (nSPS) is 15.0. The summed E-state index contributed by atoms with van der Waals surface area (Å²) in [6, 6.07) is 4.92. The number of nitrogens with zero attached hydrogens (tertiary/aromatic N) is 3. The van der Waals surface area contributed by atoms with Gasteiger partial charge in [-0.3, -0.25) is 4.90 Å². The maximum Gasteiger partial charge on any atom is 0.127 e. The lowest BCUT2D eigenvalue weighted by atomic mass is 10.1. The van der Waals surface area contributed by atoms with Gasteiger partial charge in [0.1, 0.15) is 5.82 Å². The number of aryl methyl sites for hydroxylation is 2. The number of hydrogen-bond donors (Lipinski definition) is 1. The molecule has 0 amide bonds. The van der Waals surface area contributed by atoms with Crippen LogP contribution in [0, 0.1) is 13.8 Å². The summed E-state index contributed by atoms with van der Waals surface area (Å²) >= 11 is 0. The lowest BCUT2D eigenvalue weighted by molar-refractivity contribution is 0.297. The zero-order valence-electron chi connectivity index (χ0n) is 13.4. The van der Waals surface area contributed by atoms with Crippen LogP contribution in [0.1, 0.15) is 42.9 Å². The Morgan fingerprint density at radius 1 is 1.20 bits per heavy atom. The van der Waals surface area contributed by atoms with E-state index in [1.165, 1.54) is 16.6 Å². The van der Waals surface area contributed by atoms with Gasteiger partial charge in [-0.1, -0.05) is 0 Å². The van der Waals surface area contributed by atoms with Crippen LogP contribution >= 0.6 is 0 Å². The molecule has 110 valence electrons. The van der Waals surface area contributed by atoms with Crippen LogP contribution < -0.4 is 5.73 Å². The van der Waals surface area contributed by atoms with Crippen LogP contribution in [-0.2, 0) is 0 Å². The number of fused-ring (bicyclic) bond motifs is 1. The monoisotopic (exact) mass is 274 g/mol. The number of nitrogens with two attached hydrogens (primary N) is 1. The Labute approximate surface area is 121 Å². The Bertz CT molecular complexity index is 612. The first-order valence-corrected chi connectivity index (χ1v) is 7.22. The van der Waals surface area contributed by atoms with Gasteiger partial charge in [0.2, 0.25) is 0 Å². The summed E-state index contributed by atoms with van der Waals surface area (Å²) < 4.78 is 2.30. The fourth-order valence-electron chi connectivity index (χ4n) is 2.46. The van der Waals surface area contributed by atoms with Gasteiger partial charge in [0.25, 0.3) is 0 Å². The third-order valence-electron chi connectivity index (χ3n) is 4.26. The molecule has 2 atom stereocenters. The molecule has 2 aromatic rings. The number of aromatic nitrogens is 2. The Morgan fingerprint density at radius 2 is 1.80 bits per heavy atom. The average Bonchev–Trinajstić information content (AvgIpc) is 2.75. The molecule has 0 aliphatic carbocycles. The van der Waals surface area contributed by atoms with Crippen LogP contribution in [0.3, 0.4) is 0 Å². The number of benzene rings is 1. The number of rotatable bonds is 4. The summed E-state index contributed by atoms with van der Waals surface area (Å²) in [5.41, 5.74) is 10.7. The van der Waals surface area contributed by atoms with Gasteiger partial charge in [0.05, 0.1) is 17.1 Å². The van der Waals surface area contributed by atoms with Gasteiger partial charge < -0.3 is 10.3 Å². The predicted octanol–water partition coefficient (Wildman–Crippen LogP) is 2.80. The first-order chi connectivity index (χ1) is 9.36. The molecule has 0 aliphatic heterocycles. The van der Waals surface area contributed by atoms with Gasteiger partial charge in [-0.25, -0.2) is 4.98 Å². The second-order valence-electron chi connectivity index (χ2n) is 5.99. The van der Waals surface area contributed by atoms with Crippen molar-refractivity contribution in [1.29, 1.82) is 0 Å². The van der Waals surface area contributed by atoms with Crippen molar-refractivity contribution in [3.8, 4) is 0 Å². The Hall–Kier alpha value is -1.39. The summed E-state index contributed by atoms with van der Waals surface area (Å²) in [6.45, 7) is 9.23. The van der Waals surface area contributed by atoms with Crippen molar-refractivity contribution in [3.05, 3.63) is 29.1 Å². The van der Waals surface area contributed by atoms with E-state index in [0.717, 1.165) is 11.3 Å². The molecule has 2 rings (SSSR count). The van der Waals surface area contributed by atoms with Crippen LogP contribution in [0.2, 0.25) is 0 Å². The van der Waals surface area contributed by atoms with Crippen LogP contribution in [0.15, 0.2) is 12.1 Å². The summed E-state index contributed by atoms with van der Waals surface area (Å²) in [4.78, 5) is 7.05. The van der Waals surface area contributed by atoms with Crippen LogP contribution in [0.5, 0.6) is 0 Å². The minimum atomic E-state index is 0.250. The largest absolute Gasteiger partial charge is 0.328 e. The molecular weight excluding hydrogens is 248 g/mol. The molecule has 0 fully saturated rings. The van der Waals surface area contributed by atoms with Crippen molar-refractivity contribution in [1.82, 2.24) is 14.5 Å². The molecule has 0 saturated heterocycles. The summed E-state index contributed by atoms with van der Waals surface area (Å²) in [7, 11) is 4.16. The number of imidazole rings is 1. The van der Waals surface area contributed by atoms with E-state index in [1.807, 2.05) is 0 Å². The van der Waals surface area contributed by atoms with Gasteiger partial charge in [0.15, 0.2) is 0 Å². The molecule has 1 heterocycles. The molecule has 0 aliphatic rings. The smallest absolute Gasteiger partial charge is 0.127 e. The summed E-state index contributed by atoms with van der Waals surface area (Å²) in [5.74, 6) is 1.09. The maximum absolute atomic E-state index is 5.91. The van der Waals surface area contributed by atoms with Gasteiger partial charge >= 0.3 is 0 Å². The van der Waals surface area contributed by atoms with Gasteiger partial charge in [-0.15, -0.1) is 0 Å². The van der Waals surface area contributed by atoms with Crippen molar-refractivity contribution < 1.29 is 0 Å². The minimum Gasteiger partial charge on any atom is -0.328 e. The Morgan fingerprint density at radius 3 is 2.35 bits per heavy atom. The maximum atomic E-state index is 5.91. The van der Waals surface area contributed by atoms with Crippen molar-refractivity contribution in [3.63, 3.8) is 0 Å². The van der Waals surface area contributed by atoms with Crippen LogP contribution in [0.25, 0.3) is 11.0 Å². The molecule has 0 saturated carbocycles. The molecule has 4 nitrogen and oxygen atoms in total. The highest BCUT2D eigenvalue weighted by molar-refractivity contribution is 5.78. The molecule has 4 heteroatoms. The fourth-order valence-corrected chi connectivity index (χ4v) is 2.46. The molecule has 0 radical (unpaired) electrons. The second kappa shape index (κ2) is 5.54. The molecule has 2 unspecified atom stereocenters. The SMILES string of the molecule is Cc1cc2nc(C(C)N(C)C)n(C(C)CN)c2cc1C. The third-order valence-corrected chi connectivity index (χ3v) is 4.26. The molecule has 1 aromatic heterocycles. The standard InChI is InChI=1S/C16H26N4/c1-10-7-14-15(8-11(10)2)20(12(3)9-17)16(18-14)13(4)19(5)6/h7-8,12-13H,9,17H2,1-6H3. The van der Waals surface area contributed by atoms with E-state index in [4.69, 9.17) is 10.7 Å². The van der Waals surface area contributed by atoms with E-state index in [1.54, 1.807) is 0 Å². The predicted molar refractivity (Wildman–Crippen MR) is 85.1 cm³/mol. The topological polar surface area (TPSA) is 47.1 Å². The van der Waals surface area contributed by atoms with Crippen LogP contribution in [0.4, 0.5) is 0 Å². The summed E-state index contributed by atoms with van der Waals surface area (Å²) in [5, 5.41) is 0. The van der Waals surface area contributed by atoms with Crippen molar-refractivity contribution >= 4 is 11.0 Å². The quantitative estimate of drug-likeness (QED) is 0.932. The Balaban J connectivity index is 2.73. The second-order valence-corrected chi connectivity index (χ2v) is 5.99. The van der Waals surface area contributed by atoms with Crippen molar-refractivity contribution in [2.24, 2.45) is 5.73 Å². The van der Waals surface area contributed by atoms with E-state index in [0.29, 0.717) is 6.54 Å². The highest BCUT2D eigenvalue weighted by Crippen LogP contribution is 2.28. The lowest BCUT2D eigenvalue weighted by Crippen LogP contribution is -2.24. The molecule has 20 heavy (non-hydrogen) atoms. The molecule has 2 N–H and O–H groups in total. The zero-order valence-corrected chi connectivity index (χ0v) is 13.4. The van der Waals surface area contributed by atoms with Gasteiger partial charge in [0, 0.05) is 12.6 Å². The van der Waals surface area contributed by atoms with E-state index >= 15 is 0 Å². The first kappa shape index (κ1) is 15.0. The van der Waals surface area contributed by atoms with Gasteiger partial charge in [-0.05, 0) is 65.0 Å². The van der Waals surface area contributed by atoms with Crippen molar-refractivity contribution in [2.45, 2.75) is 39.8 Å². The van der Waals surface area contributed by atoms with Gasteiger partial charge in [-0.2, -0.15) is 0 Å². The molecule has 0 bridgehead atoms. The molecule has 0 spiro atoms. The third kappa shape index (κ3) is 2.45. The van der Waals surface area contributed by atoms with E-state index < -0.39 is 0 Å². The lowest BCUT2D eigenvalue weighted by Gasteiger charge is -2.23. The number of hydrogen-bond acceptors (Lipinski definition) is 3. The summed E-state index contributed by atoms with van der Waals surface area (Å²) in [6.07, 6.45) is 0. The minimum absolute atomic E-state index is 0.250. The van der Waals surface area contributed by atoms with E-state index in [2.05, 4.69) is 63.4 Å². The Kier molecular flexibility index (Phi) is 4.16. The highest BCUT2D eigenvalue weighted by atomic mass is 15.2. The highest BCUT2D eigenvalue weighted by Gasteiger charge is 2.21. The van der Waals surface area contributed by atoms with E-state index in [-0.39, 0.29) is 12.1 Å². The molecular formula is C16H26N4. The van der Waals surface area contributed by atoms with Crippen LogP contribution in [-0.4, -0.2) is 35.1 Å². The average molecular weight is 274 g/mol. The zero-order chi connectivity index (χ0) is 15.0. The molecule has 1 aromatic carbocycles. The fraction of sp³-hybridized carbons (Fsp3) is 0.562. The van der Waals surface area contributed by atoms with E-state index in [9.17, 15) is 0 Å². The first-order valence-electron chi connectivity index (χ1n) is 7.22. The van der Waals surface area contributed by atoms with Crippen molar-refractivity contribution in [2.75, 3.05) is 20.6 Å².